The molecular weight excluding hydrogens is 320 g/mol. The number of nitrogens with one attached hydrogen (secondary N) is 1. The smallest absolute Gasteiger partial charge is 0.303 e. The van der Waals surface area contributed by atoms with E-state index in [4.69, 9.17) is 16.7 Å². The van der Waals surface area contributed by atoms with E-state index >= 15 is 0 Å². The van der Waals surface area contributed by atoms with E-state index in [-0.39, 0.29) is 30.7 Å². The number of hydrogen-bond donors (Lipinski definition) is 2. The third-order valence-electron chi connectivity index (χ3n) is 4.61. The lowest BCUT2D eigenvalue weighted by Gasteiger charge is -2.54. The van der Waals surface area contributed by atoms with E-state index in [0.717, 1.165) is 5.56 Å². The van der Waals surface area contributed by atoms with Gasteiger partial charge >= 0.3 is 5.97 Å². The van der Waals surface area contributed by atoms with Gasteiger partial charge in [-0.15, -0.1) is 0 Å². The van der Waals surface area contributed by atoms with E-state index in [2.05, 4.69) is 5.32 Å². The summed E-state index contributed by atoms with van der Waals surface area (Å²) in [5.74, 6) is -1.28. The van der Waals surface area contributed by atoms with E-state index in [0.29, 0.717) is 24.4 Å². The number of piperazine rings is 1. The second kappa shape index (κ2) is 5.85. The predicted octanol–water partition coefficient (Wildman–Crippen LogP) is 1.42. The number of carboxylic acid groups (broad SMARTS) is 1. The van der Waals surface area contributed by atoms with Crippen LogP contribution in [0.4, 0.5) is 0 Å². The molecule has 1 aliphatic carbocycles. The van der Waals surface area contributed by atoms with Crippen LogP contribution in [0, 0.1) is 5.92 Å². The van der Waals surface area contributed by atoms with E-state index in [1.165, 1.54) is 0 Å². The van der Waals surface area contributed by atoms with Gasteiger partial charge in [0.15, 0.2) is 0 Å². The highest BCUT2D eigenvalue weighted by molar-refractivity contribution is 6.30. The summed E-state index contributed by atoms with van der Waals surface area (Å²) in [6, 6.07) is 7.13. The zero-order valence-electron chi connectivity index (χ0n) is 12.4. The van der Waals surface area contributed by atoms with E-state index in [1.807, 2.05) is 12.1 Å². The average molecular weight is 337 g/mol. The summed E-state index contributed by atoms with van der Waals surface area (Å²) in [6.45, 7) is 0.307. The highest BCUT2D eigenvalue weighted by Gasteiger charge is 2.57. The number of carbonyl (C=O) groups excluding carboxylic acids is 2. The first-order chi connectivity index (χ1) is 10.9. The number of rotatable bonds is 4. The van der Waals surface area contributed by atoms with E-state index in [9.17, 15) is 14.4 Å². The van der Waals surface area contributed by atoms with Crippen LogP contribution >= 0.6 is 11.6 Å². The van der Waals surface area contributed by atoms with Gasteiger partial charge in [0.05, 0.1) is 6.54 Å². The van der Waals surface area contributed by atoms with Crippen LogP contribution in [0.15, 0.2) is 24.3 Å². The molecular formula is C16H17ClN2O4. The van der Waals surface area contributed by atoms with Gasteiger partial charge in [-0.2, -0.15) is 0 Å². The lowest BCUT2D eigenvalue weighted by Crippen LogP contribution is -2.71. The average Bonchev–Trinajstić information content (AvgIpc) is 2.46. The number of halogens is 1. The van der Waals surface area contributed by atoms with E-state index < -0.39 is 11.5 Å². The molecule has 1 spiro atoms. The summed E-state index contributed by atoms with van der Waals surface area (Å²) >= 11 is 5.87. The largest absolute Gasteiger partial charge is 0.481 e. The quantitative estimate of drug-likeness (QED) is 0.870. The Balaban J connectivity index is 1.80. The van der Waals surface area contributed by atoms with Gasteiger partial charge in [0, 0.05) is 18.0 Å². The highest BCUT2D eigenvalue weighted by atomic mass is 35.5. The summed E-state index contributed by atoms with van der Waals surface area (Å²) in [6.07, 6.45) is 0.812. The number of nitrogens with zero attached hydrogens (tertiary/aromatic N) is 1. The third-order valence-corrected chi connectivity index (χ3v) is 4.86. The topological polar surface area (TPSA) is 86.7 Å². The van der Waals surface area contributed by atoms with Crippen molar-refractivity contribution in [3.63, 3.8) is 0 Å². The Morgan fingerprint density at radius 3 is 2.57 bits per heavy atom. The Hall–Kier alpha value is -2.08. The molecule has 0 unspecified atom stereocenters. The highest BCUT2D eigenvalue weighted by Crippen LogP contribution is 2.46. The van der Waals surface area contributed by atoms with E-state index in [1.54, 1.807) is 17.0 Å². The Morgan fingerprint density at radius 1 is 1.30 bits per heavy atom. The predicted molar refractivity (Wildman–Crippen MR) is 82.7 cm³/mol. The summed E-state index contributed by atoms with van der Waals surface area (Å²) in [7, 11) is 0. The van der Waals surface area contributed by atoms with Crippen LogP contribution in [-0.4, -0.2) is 39.9 Å². The van der Waals surface area contributed by atoms with Crippen molar-refractivity contribution in [2.75, 3.05) is 6.54 Å². The molecule has 122 valence electrons. The molecule has 1 heterocycles. The van der Waals surface area contributed by atoms with Gasteiger partial charge < -0.3 is 15.3 Å². The molecule has 1 aromatic carbocycles. The number of hydrogen-bond acceptors (Lipinski definition) is 3. The fourth-order valence-corrected chi connectivity index (χ4v) is 3.61. The molecule has 0 bridgehead atoms. The Morgan fingerprint density at radius 2 is 1.96 bits per heavy atom. The molecule has 2 N–H and O–H groups in total. The summed E-state index contributed by atoms with van der Waals surface area (Å²) in [5, 5.41) is 12.1. The van der Waals surface area contributed by atoms with Gasteiger partial charge in [-0.05, 0) is 36.5 Å². The minimum Gasteiger partial charge on any atom is -0.481 e. The molecule has 0 radical (unpaired) electrons. The first-order valence-corrected chi connectivity index (χ1v) is 7.83. The second-order valence-electron chi connectivity index (χ2n) is 6.19. The van der Waals surface area contributed by atoms with Crippen molar-refractivity contribution in [3.05, 3.63) is 34.9 Å². The van der Waals surface area contributed by atoms with Crippen LogP contribution < -0.4 is 5.32 Å². The van der Waals surface area contributed by atoms with Crippen molar-refractivity contribution in [1.29, 1.82) is 0 Å². The Bertz CT molecular complexity index is 653. The van der Waals surface area contributed by atoms with Crippen molar-refractivity contribution in [2.24, 2.45) is 5.92 Å². The van der Waals surface area contributed by atoms with Crippen LogP contribution in [0.2, 0.25) is 5.02 Å². The molecule has 0 aromatic heterocycles. The Kier molecular flexibility index (Phi) is 4.02. The van der Waals surface area contributed by atoms with Gasteiger partial charge in [-0.1, -0.05) is 23.7 Å². The number of aliphatic carboxylic acids is 1. The van der Waals surface area contributed by atoms with Crippen molar-refractivity contribution < 1.29 is 19.5 Å². The first-order valence-electron chi connectivity index (χ1n) is 7.46. The standard InChI is InChI=1S/C16H17ClN2O4/c17-12-3-1-10(2-4-12)9-19-13(20)8-18-15(23)16(19)6-11(7-16)5-14(21)22/h1-4,11H,5-9H2,(H,18,23)(H,21,22). The maximum absolute atomic E-state index is 12.4. The number of amides is 2. The molecule has 2 fully saturated rings. The normalized spacial score (nSPS) is 26.8. The molecule has 2 aliphatic rings. The summed E-state index contributed by atoms with van der Waals surface area (Å²) in [4.78, 5) is 37.1. The molecule has 7 heteroatoms. The zero-order valence-corrected chi connectivity index (χ0v) is 13.2. The van der Waals surface area contributed by atoms with Crippen LogP contribution in [-0.2, 0) is 20.9 Å². The fraction of sp³-hybridized carbons (Fsp3) is 0.438. The Labute approximate surface area is 138 Å². The summed E-state index contributed by atoms with van der Waals surface area (Å²) < 4.78 is 0. The van der Waals surface area contributed by atoms with Crippen LogP contribution in [0.25, 0.3) is 0 Å². The number of benzene rings is 1. The molecule has 3 rings (SSSR count). The first kappa shape index (κ1) is 15.8. The minimum atomic E-state index is -0.908. The van der Waals surface area contributed by atoms with Crippen molar-refractivity contribution in [3.8, 4) is 0 Å². The van der Waals surface area contributed by atoms with Crippen molar-refractivity contribution >= 4 is 29.4 Å². The monoisotopic (exact) mass is 336 g/mol. The van der Waals surface area contributed by atoms with Gasteiger partial charge in [0.25, 0.3) is 0 Å². The van der Waals surface area contributed by atoms with Gasteiger partial charge in [0.1, 0.15) is 5.54 Å². The van der Waals surface area contributed by atoms with Gasteiger partial charge in [0.2, 0.25) is 11.8 Å². The molecule has 2 amide bonds. The lowest BCUT2D eigenvalue weighted by molar-refractivity contribution is -0.166. The third kappa shape index (κ3) is 2.91. The molecule has 1 aromatic rings. The molecule has 1 saturated heterocycles. The van der Waals surface area contributed by atoms with Crippen LogP contribution in [0.3, 0.4) is 0 Å². The molecule has 23 heavy (non-hydrogen) atoms. The lowest BCUT2D eigenvalue weighted by atomic mass is 9.64. The maximum Gasteiger partial charge on any atom is 0.303 e. The maximum atomic E-state index is 12.4. The van der Waals surface area contributed by atoms with Crippen molar-refractivity contribution in [2.45, 2.75) is 31.3 Å². The summed E-state index contributed by atoms with van der Waals surface area (Å²) in [5.41, 5.74) is -0.0201. The SMILES string of the molecule is O=C(O)CC1CC2(C1)C(=O)NCC(=O)N2Cc1ccc(Cl)cc1. The molecule has 1 saturated carbocycles. The second-order valence-corrected chi connectivity index (χ2v) is 6.63. The van der Waals surface area contributed by atoms with Gasteiger partial charge in [-0.25, -0.2) is 0 Å². The minimum absolute atomic E-state index is 0.0161. The van der Waals surface area contributed by atoms with Crippen LogP contribution in [0.5, 0.6) is 0 Å². The molecule has 6 nitrogen and oxygen atoms in total. The molecule has 0 atom stereocenters. The van der Waals surface area contributed by atoms with Crippen LogP contribution in [0.1, 0.15) is 24.8 Å². The van der Waals surface area contributed by atoms with Crippen molar-refractivity contribution in [1.82, 2.24) is 10.2 Å². The molecule has 1 aliphatic heterocycles. The zero-order chi connectivity index (χ0) is 16.6. The fourth-order valence-electron chi connectivity index (χ4n) is 3.48. The number of carbonyl (C=O) groups is 3. The van der Waals surface area contributed by atoms with Gasteiger partial charge in [-0.3, -0.25) is 14.4 Å². The number of carboxylic acids is 1.